The Bertz CT molecular complexity index is 631. The number of anilines is 1. The average molecular weight is 336 g/mol. The summed E-state index contributed by atoms with van der Waals surface area (Å²) >= 11 is 7.54. The largest absolute Gasteiger partial charge is 0.333 e. The van der Waals surface area contributed by atoms with Gasteiger partial charge in [0.2, 0.25) is 0 Å². The third-order valence-electron chi connectivity index (χ3n) is 3.41. The number of benzene rings is 2. The Balaban J connectivity index is 1.85. The molecule has 1 amide bonds. The van der Waals surface area contributed by atoms with Crippen LogP contribution in [0.15, 0.2) is 53.4 Å². The van der Waals surface area contributed by atoms with Crippen LogP contribution < -0.4 is 10.6 Å². The highest BCUT2D eigenvalue weighted by molar-refractivity contribution is 7.98. The van der Waals surface area contributed by atoms with E-state index in [4.69, 9.17) is 11.6 Å². The average Bonchev–Trinajstić information content (AvgIpc) is 2.53. The second-order valence-electron chi connectivity index (χ2n) is 5.06. The van der Waals surface area contributed by atoms with E-state index in [0.29, 0.717) is 6.54 Å². The molecule has 2 aromatic rings. The first-order valence-electron chi connectivity index (χ1n) is 7.11. The molecular formula is C17H20ClN2OS+. The number of amides is 1. The molecule has 1 atom stereocenters. The highest BCUT2D eigenvalue weighted by Crippen LogP contribution is 2.18. The zero-order chi connectivity index (χ0) is 15.9. The van der Waals surface area contributed by atoms with Crippen molar-refractivity contribution in [2.24, 2.45) is 0 Å². The normalized spacial score (nSPS) is 12.0. The van der Waals surface area contributed by atoms with E-state index in [1.54, 1.807) is 11.8 Å². The first-order valence-corrected chi connectivity index (χ1v) is 8.71. The molecule has 0 aliphatic carbocycles. The van der Waals surface area contributed by atoms with Crippen LogP contribution in [0.5, 0.6) is 0 Å². The van der Waals surface area contributed by atoms with Crippen molar-refractivity contribution >= 4 is 35.0 Å². The molecule has 22 heavy (non-hydrogen) atoms. The summed E-state index contributed by atoms with van der Waals surface area (Å²) in [4.78, 5) is 13.2. The van der Waals surface area contributed by atoms with Gasteiger partial charge in [-0.25, -0.2) is 0 Å². The van der Waals surface area contributed by atoms with Gasteiger partial charge in [0.1, 0.15) is 6.04 Å². The molecule has 3 nitrogen and oxygen atoms in total. The van der Waals surface area contributed by atoms with Crippen LogP contribution in [-0.4, -0.2) is 18.7 Å². The molecule has 0 aromatic heterocycles. The van der Waals surface area contributed by atoms with Gasteiger partial charge in [-0.05, 0) is 43.5 Å². The monoisotopic (exact) mass is 335 g/mol. The predicted octanol–water partition coefficient (Wildman–Crippen LogP) is 3.33. The molecule has 0 aliphatic rings. The lowest BCUT2D eigenvalue weighted by Gasteiger charge is -2.11. The molecule has 0 unspecified atom stereocenters. The minimum Gasteiger partial charge on any atom is -0.333 e. The van der Waals surface area contributed by atoms with Gasteiger partial charge in [-0.1, -0.05) is 29.8 Å². The predicted molar refractivity (Wildman–Crippen MR) is 93.5 cm³/mol. The minimum atomic E-state index is -0.000864. The maximum absolute atomic E-state index is 12.0. The number of nitrogens with one attached hydrogen (secondary N) is 1. The van der Waals surface area contributed by atoms with Crippen molar-refractivity contribution in [1.29, 1.82) is 0 Å². The Morgan fingerprint density at radius 1 is 1.27 bits per heavy atom. The van der Waals surface area contributed by atoms with Crippen molar-refractivity contribution in [2.75, 3.05) is 18.1 Å². The van der Waals surface area contributed by atoms with E-state index >= 15 is 0 Å². The van der Waals surface area contributed by atoms with Gasteiger partial charge in [-0.2, -0.15) is 0 Å². The van der Waals surface area contributed by atoms with Crippen molar-refractivity contribution < 1.29 is 10.1 Å². The topological polar surface area (TPSA) is 45.7 Å². The Labute approximate surface area is 140 Å². The summed E-state index contributed by atoms with van der Waals surface area (Å²) < 4.78 is 0. The standard InChI is InChI=1S/C17H19ClN2OS/c1-12(13-6-8-14(18)9-7-13)19-11-17(21)20-15-4-3-5-16(10-15)22-2/h3-10,12,19H,11H2,1-2H3,(H,20,21)/p+1/t12-/m0/s1. The molecule has 0 aliphatic heterocycles. The number of rotatable bonds is 6. The number of hydrogen-bond acceptors (Lipinski definition) is 2. The number of thioether (sulfide) groups is 1. The summed E-state index contributed by atoms with van der Waals surface area (Å²) in [5, 5.41) is 5.66. The SMILES string of the molecule is CSc1cccc(NC(=O)C[NH2+][C@@H](C)c2ccc(Cl)cc2)c1. The van der Waals surface area contributed by atoms with E-state index in [1.165, 1.54) is 0 Å². The smallest absolute Gasteiger partial charge is 0.279 e. The van der Waals surface area contributed by atoms with Crippen LogP contribution in [0.4, 0.5) is 5.69 Å². The van der Waals surface area contributed by atoms with Gasteiger partial charge in [-0.3, -0.25) is 4.79 Å². The summed E-state index contributed by atoms with van der Waals surface area (Å²) in [6.07, 6.45) is 2.02. The Morgan fingerprint density at radius 3 is 2.68 bits per heavy atom. The molecule has 0 saturated carbocycles. The van der Waals surface area contributed by atoms with E-state index in [2.05, 4.69) is 12.2 Å². The molecule has 2 rings (SSSR count). The van der Waals surface area contributed by atoms with Gasteiger partial charge >= 0.3 is 0 Å². The molecule has 0 bridgehead atoms. The number of carbonyl (C=O) groups is 1. The third-order valence-corrected chi connectivity index (χ3v) is 4.38. The van der Waals surface area contributed by atoms with E-state index < -0.39 is 0 Å². The second kappa shape index (κ2) is 8.22. The van der Waals surface area contributed by atoms with Gasteiger partial charge < -0.3 is 10.6 Å². The Hall–Kier alpha value is -1.49. The number of quaternary nitrogens is 1. The molecule has 116 valence electrons. The maximum atomic E-state index is 12.0. The first kappa shape index (κ1) is 16.9. The van der Waals surface area contributed by atoms with E-state index in [-0.39, 0.29) is 11.9 Å². The van der Waals surface area contributed by atoms with Crippen LogP contribution >= 0.6 is 23.4 Å². The van der Waals surface area contributed by atoms with Crippen LogP contribution in [0.25, 0.3) is 0 Å². The number of halogens is 1. The molecule has 0 fully saturated rings. The van der Waals surface area contributed by atoms with E-state index in [1.807, 2.05) is 60.1 Å². The Morgan fingerprint density at radius 2 is 2.00 bits per heavy atom. The fourth-order valence-electron chi connectivity index (χ4n) is 2.10. The fraction of sp³-hybridized carbons (Fsp3) is 0.235. The van der Waals surface area contributed by atoms with Crippen molar-refractivity contribution in [2.45, 2.75) is 17.9 Å². The van der Waals surface area contributed by atoms with Crippen molar-refractivity contribution in [1.82, 2.24) is 0 Å². The highest BCUT2D eigenvalue weighted by Gasteiger charge is 2.11. The first-order chi connectivity index (χ1) is 10.6. The van der Waals surface area contributed by atoms with Gasteiger partial charge in [0.15, 0.2) is 6.54 Å². The minimum absolute atomic E-state index is 0.000864. The molecular weight excluding hydrogens is 316 g/mol. The van der Waals surface area contributed by atoms with Crippen LogP contribution in [-0.2, 0) is 4.79 Å². The van der Waals surface area contributed by atoms with Gasteiger partial charge in [0.05, 0.1) is 0 Å². The maximum Gasteiger partial charge on any atom is 0.279 e. The molecule has 0 spiro atoms. The van der Waals surface area contributed by atoms with Crippen LogP contribution in [0.3, 0.4) is 0 Å². The number of nitrogens with two attached hydrogens (primary N) is 1. The number of carbonyl (C=O) groups excluding carboxylic acids is 1. The lowest BCUT2D eigenvalue weighted by Crippen LogP contribution is -2.86. The summed E-state index contributed by atoms with van der Waals surface area (Å²) in [6.45, 7) is 2.46. The lowest BCUT2D eigenvalue weighted by atomic mass is 10.1. The van der Waals surface area contributed by atoms with Gasteiger partial charge in [0.25, 0.3) is 5.91 Å². The summed E-state index contributed by atoms with van der Waals surface area (Å²) in [6, 6.07) is 15.8. The zero-order valence-electron chi connectivity index (χ0n) is 12.7. The summed E-state index contributed by atoms with van der Waals surface area (Å²) in [5.41, 5.74) is 1.99. The third kappa shape index (κ3) is 5.05. The van der Waals surface area contributed by atoms with Crippen LogP contribution in [0.1, 0.15) is 18.5 Å². The summed E-state index contributed by atoms with van der Waals surface area (Å²) in [5.74, 6) is -0.000864. The molecule has 0 saturated heterocycles. The van der Waals surface area contributed by atoms with Crippen molar-refractivity contribution in [3.8, 4) is 0 Å². The molecule has 0 heterocycles. The molecule has 5 heteroatoms. The van der Waals surface area contributed by atoms with Gasteiger partial charge in [0, 0.05) is 21.2 Å². The van der Waals surface area contributed by atoms with Crippen molar-refractivity contribution in [3.63, 3.8) is 0 Å². The summed E-state index contributed by atoms with van der Waals surface area (Å²) in [7, 11) is 0. The van der Waals surface area contributed by atoms with E-state index in [9.17, 15) is 4.79 Å². The van der Waals surface area contributed by atoms with Crippen LogP contribution in [0, 0.1) is 0 Å². The van der Waals surface area contributed by atoms with E-state index in [0.717, 1.165) is 21.2 Å². The molecule has 2 aromatic carbocycles. The fourth-order valence-corrected chi connectivity index (χ4v) is 2.68. The second-order valence-corrected chi connectivity index (χ2v) is 6.38. The zero-order valence-corrected chi connectivity index (χ0v) is 14.2. The lowest BCUT2D eigenvalue weighted by molar-refractivity contribution is -0.682. The highest BCUT2D eigenvalue weighted by atomic mass is 35.5. The van der Waals surface area contributed by atoms with Gasteiger partial charge in [-0.15, -0.1) is 11.8 Å². The molecule has 0 radical (unpaired) electrons. The van der Waals surface area contributed by atoms with Crippen molar-refractivity contribution in [3.05, 3.63) is 59.1 Å². The number of hydrogen-bond donors (Lipinski definition) is 2. The van der Waals surface area contributed by atoms with Crippen LogP contribution in [0.2, 0.25) is 5.02 Å². The Kier molecular flexibility index (Phi) is 6.31. The molecule has 3 N–H and O–H groups in total. The quantitative estimate of drug-likeness (QED) is 0.795.